The van der Waals surface area contributed by atoms with Crippen LogP contribution in [0.25, 0.3) is 16.2 Å². The number of anilines is 2. The highest BCUT2D eigenvalue weighted by Crippen LogP contribution is 2.27. The van der Waals surface area contributed by atoms with Gasteiger partial charge in [-0.3, -0.25) is 19.3 Å². The molecule has 2 heterocycles. The number of nitro groups is 1. The molecule has 2 N–H and O–H groups in total. The van der Waals surface area contributed by atoms with Gasteiger partial charge in [-0.05, 0) is 31.2 Å². The number of benzene rings is 2. The van der Waals surface area contributed by atoms with E-state index < -0.39 is 10.8 Å². The molecule has 0 saturated heterocycles. The fourth-order valence-corrected chi connectivity index (χ4v) is 3.66. The van der Waals surface area contributed by atoms with E-state index in [9.17, 15) is 14.9 Å². The molecule has 9 heteroatoms. The van der Waals surface area contributed by atoms with Crippen molar-refractivity contribution in [3.05, 3.63) is 75.9 Å². The number of carbonyl (C=O) groups is 1. The largest absolute Gasteiger partial charge is 0.380 e. The average Bonchev–Trinajstić information content (AvgIpc) is 3.31. The smallest absolute Gasteiger partial charge is 0.293 e. The highest BCUT2D eigenvalue weighted by atomic mass is 32.1. The van der Waals surface area contributed by atoms with Crippen molar-refractivity contribution in [3.63, 3.8) is 0 Å². The summed E-state index contributed by atoms with van der Waals surface area (Å²) >= 11 is 1.56. The maximum atomic E-state index is 12.5. The van der Waals surface area contributed by atoms with Crippen LogP contribution in [0.4, 0.5) is 17.1 Å². The van der Waals surface area contributed by atoms with Crippen molar-refractivity contribution < 1.29 is 9.72 Å². The lowest BCUT2D eigenvalue weighted by atomic mass is 10.1. The van der Waals surface area contributed by atoms with Crippen LogP contribution in [-0.2, 0) is 0 Å². The molecule has 2 aromatic carbocycles. The number of nitrogens with zero attached hydrogens (tertiary/aromatic N) is 3. The van der Waals surface area contributed by atoms with Crippen LogP contribution in [0.2, 0.25) is 0 Å². The minimum absolute atomic E-state index is 0.130. The van der Waals surface area contributed by atoms with Gasteiger partial charge in [0.25, 0.3) is 11.6 Å². The molecule has 0 spiro atoms. The van der Waals surface area contributed by atoms with E-state index in [-0.39, 0.29) is 11.3 Å². The number of thiazole rings is 1. The first-order valence-electron chi connectivity index (χ1n) is 8.91. The number of hydrogen-bond acceptors (Lipinski definition) is 6. The van der Waals surface area contributed by atoms with Crippen LogP contribution in [0.15, 0.2) is 60.2 Å². The Kier molecular flexibility index (Phi) is 4.96. The minimum Gasteiger partial charge on any atom is -0.380 e. The van der Waals surface area contributed by atoms with Crippen molar-refractivity contribution in [1.29, 1.82) is 0 Å². The molecular formula is C20H17N5O3S. The van der Waals surface area contributed by atoms with Gasteiger partial charge in [0.2, 0.25) is 0 Å². The molecule has 0 fully saturated rings. The number of carbonyl (C=O) groups excluding carboxylic acids is 1. The summed E-state index contributed by atoms with van der Waals surface area (Å²) in [4.78, 5) is 28.8. The van der Waals surface area contributed by atoms with Crippen LogP contribution in [-0.4, -0.2) is 26.8 Å². The third kappa shape index (κ3) is 3.81. The second-order valence-corrected chi connectivity index (χ2v) is 7.14. The first-order valence-corrected chi connectivity index (χ1v) is 9.79. The van der Waals surface area contributed by atoms with Crippen LogP contribution in [0.1, 0.15) is 17.3 Å². The van der Waals surface area contributed by atoms with Gasteiger partial charge in [-0.2, -0.15) is 0 Å². The lowest BCUT2D eigenvalue weighted by molar-refractivity contribution is -0.384. The quantitative estimate of drug-likeness (QED) is 0.358. The molecule has 0 unspecified atom stereocenters. The lowest BCUT2D eigenvalue weighted by Crippen LogP contribution is -2.12. The summed E-state index contributed by atoms with van der Waals surface area (Å²) in [5.41, 5.74) is 2.86. The van der Waals surface area contributed by atoms with Crippen molar-refractivity contribution in [3.8, 4) is 11.3 Å². The lowest BCUT2D eigenvalue weighted by Gasteiger charge is -2.08. The monoisotopic (exact) mass is 407 g/mol. The van der Waals surface area contributed by atoms with Crippen molar-refractivity contribution in [2.45, 2.75) is 6.92 Å². The van der Waals surface area contributed by atoms with Crippen molar-refractivity contribution in [2.75, 3.05) is 17.2 Å². The predicted octanol–water partition coefficient (Wildman–Crippen LogP) is 4.66. The summed E-state index contributed by atoms with van der Waals surface area (Å²) in [6.45, 7) is 2.40. The summed E-state index contributed by atoms with van der Waals surface area (Å²) in [7, 11) is 0. The summed E-state index contributed by atoms with van der Waals surface area (Å²) in [5.74, 6) is -0.411. The number of aromatic nitrogens is 2. The Bertz CT molecular complexity index is 1170. The van der Waals surface area contributed by atoms with Crippen LogP contribution in [0.5, 0.6) is 0 Å². The molecule has 0 radical (unpaired) electrons. The van der Waals surface area contributed by atoms with Crippen molar-refractivity contribution in [2.24, 2.45) is 0 Å². The summed E-state index contributed by atoms with van der Waals surface area (Å²) in [6, 6.07) is 11.7. The van der Waals surface area contributed by atoms with Crippen LogP contribution in [0, 0.1) is 10.1 Å². The molecule has 0 aliphatic heterocycles. The van der Waals surface area contributed by atoms with Gasteiger partial charge in [0.15, 0.2) is 4.96 Å². The molecule has 29 heavy (non-hydrogen) atoms. The average molecular weight is 407 g/mol. The molecule has 4 aromatic rings. The molecule has 0 saturated carbocycles. The number of nitrogens with one attached hydrogen (secondary N) is 2. The van der Waals surface area contributed by atoms with E-state index in [1.54, 1.807) is 35.6 Å². The Morgan fingerprint density at radius 3 is 2.72 bits per heavy atom. The van der Waals surface area contributed by atoms with Gasteiger partial charge >= 0.3 is 0 Å². The van der Waals surface area contributed by atoms with Crippen molar-refractivity contribution in [1.82, 2.24) is 9.38 Å². The van der Waals surface area contributed by atoms with E-state index in [1.165, 1.54) is 6.07 Å². The number of amides is 1. The van der Waals surface area contributed by atoms with Gasteiger partial charge < -0.3 is 10.6 Å². The van der Waals surface area contributed by atoms with Gasteiger partial charge in [-0.15, -0.1) is 11.3 Å². The Balaban J connectivity index is 1.51. The topological polar surface area (TPSA) is 102 Å². The normalized spacial score (nSPS) is 10.8. The number of fused-ring (bicyclic) bond motifs is 1. The van der Waals surface area contributed by atoms with Crippen LogP contribution >= 0.6 is 11.3 Å². The Labute approximate surface area is 170 Å². The van der Waals surface area contributed by atoms with E-state index >= 15 is 0 Å². The number of hydrogen-bond donors (Lipinski definition) is 2. The zero-order valence-electron chi connectivity index (χ0n) is 15.5. The highest BCUT2D eigenvalue weighted by Gasteiger charge is 2.17. The van der Waals surface area contributed by atoms with E-state index in [1.807, 2.05) is 41.2 Å². The molecule has 0 aliphatic rings. The van der Waals surface area contributed by atoms with Gasteiger partial charge in [-0.25, -0.2) is 4.98 Å². The van der Waals surface area contributed by atoms with E-state index in [4.69, 9.17) is 0 Å². The molecule has 0 aliphatic carbocycles. The molecule has 0 atom stereocenters. The second-order valence-electron chi connectivity index (χ2n) is 6.27. The van der Waals surface area contributed by atoms with E-state index in [0.717, 1.165) is 16.2 Å². The van der Waals surface area contributed by atoms with Gasteiger partial charge in [0, 0.05) is 47.2 Å². The predicted molar refractivity (Wildman–Crippen MR) is 114 cm³/mol. The molecule has 0 bridgehead atoms. The zero-order valence-corrected chi connectivity index (χ0v) is 16.3. The summed E-state index contributed by atoms with van der Waals surface area (Å²) in [5, 5.41) is 18.9. The molecule has 2 aromatic heterocycles. The van der Waals surface area contributed by atoms with Gasteiger partial charge in [0.05, 0.1) is 10.6 Å². The molecule has 8 nitrogen and oxygen atoms in total. The SMILES string of the molecule is CCNc1ccc(C(=O)Nc2ccc(-c3cn4ccsc4n3)cc2)cc1[N+](=O)[O-]. The maximum absolute atomic E-state index is 12.5. The van der Waals surface area contributed by atoms with Crippen LogP contribution in [0.3, 0.4) is 0 Å². The first-order chi connectivity index (χ1) is 14.0. The van der Waals surface area contributed by atoms with Crippen molar-refractivity contribution >= 4 is 39.3 Å². The third-order valence-electron chi connectivity index (χ3n) is 4.36. The molecule has 146 valence electrons. The van der Waals surface area contributed by atoms with E-state index in [2.05, 4.69) is 15.6 Å². The van der Waals surface area contributed by atoms with E-state index in [0.29, 0.717) is 17.9 Å². The zero-order chi connectivity index (χ0) is 20.4. The molecule has 4 rings (SSSR count). The highest BCUT2D eigenvalue weighted by molar-refractivity contribution is 7.15. The third-order valence-corrected chi connectivity index (χ3v) is 5.13. The minimum atomic E-state index is -0.501. The Hall–Kier alpha value is -3.72. The summed E-state index contributed by atoms with van der Waals surface area (Å²) in [6.07, 6.45) is 3.90. The van der Waals surface area contributed by atoms with Gasteiger partial charge in [-0.1, -0.05) is 12.1 Å². The Morgan fingerprint density at radius 1 is 1.24 bits per heavy atom. The number of rotatable bonds is 6. The standard InChI is InChI=1S/C20H17N5O3S/c1-2-21-16-8-5-14(11-18(16)25(27)28)19(26)22-15-6-3-13(4-7-15)17-12-24-9-10-29-20(24)23-17/h3-12,21H,2H2,1H3,(H,22,26). The summed E-state index contributed by atoms with van der Waals surface area (Å²) < 4.78 is 1.96. The molecule has 1 amide bonds. The second kappa shape index (κ2) is 7.72. The first kappa shape index (κ1) is 18.6. The fraction of sp³-hybridized carbons (Fsp3) is 0.100. The maximum Gasteiger partial charge on any atom is 0.293 e. The Morgan fingerprint density at radius 2 is 2.03 bits per heavy atom. The molecular weight excluding hydrogens is 390 g/mol. The van der Waals surface area contributed by atoms with Crippen LogP contribution < -0.4 is 10.6 Å². The number of nitro benzene ring substituents is 1. The van der Waals surface area contributed by atoms with Gasteiger partial charge in [0.1, 0.15) is 5.69 Å². The fourth-order valence-electron chi connectivity index (χ4n) is 2.96. The number of imidazole rings is 1.